The molecule has 1 heterocycles. The zero-order valence-electron chi connectivity index (χ0n) is 16.1. The number of thiophene rings is 1. The van der Waals surface area contributed by atoms with Gasteiger partial charge in [-0.05, 0) is 11.4 Å². The first-order valence-corrected chi connectivity index (χ1v) is 10.0. The largest absolute Gasteiger partial charge is 0.443 e. The van der Waals surface area contributed by atoms with E-state index in [4.69, 9.17) is 10.5 Å². The topological polar surface area (TPSA) is 160 Å². The van der Waals surface area contributed by atoms with E-state index in [1.807, 2.05) is 0 Å². The Balaban J connectivity index is 2.14. The van der Waals surface area contributed by atoms with Gasteiger partial charge in [0.1, 0.15) is 12.2 Å². The Bertz CT molecular complexity index is 823. The first-order chi connectivity index (χ1) is 14.3. The van der Waals surface area contributed by atoms with Crippen LogP contribution < -0.4 is 21.7 Å². The highest BCUT2D eigenvalue weighted by Crippen LogP contribution is 2.23. The molecule has 162 valence electrons. The molecule has 3 unspecified atom stereocenters. The van der Waals surface area contributed by atoms with Gasteiger partial charge < -0.3 is 31.5 Å². The third-order valence-electron chi connectivity index (χ3n) is 4.19. The smallest absolute Gasteiger partial charge is 0.407 e. The van der Waals surface area contributed by atoms with Crippen LogP contribution in [-0.2, 0) is 14.3 Å². The second-order valence-corrected chi connectivity index (χ2v) is 7.40. The van der Waals surface area contributed by atoms with Crippen molar-refractivity contribution in [3.63, 3.8) is 0 Å². The number of carbonyl (C=O) groups excluding carboxylic acids is 4. The maximum absolute atomic E-state index is 12.5. The fourth-order valence-electron chi connectivity index (χ4n) is 2.74. The molecule has 0 saturated carbocycles. The standard InChI is InChI=1S/C19H24N4O6S/c1-2-6-22-19(28)29-13-10-11(17(26)21-7-5-15(20)24)9-12(16(13)25)23-18(27)14-4-3-8-30-14/h2-4,8-9,12-13,16,25H,1,5-7,10H2,(H2,20,24)(H,21,26)(H,22,28)(H,23,27). The predicted octanol–water partition coefficient (Wildman–Crippen LogP) is -0.190. The molecule has 6 N–H and O–H groups in total. The summed E-state index contributed by atoms with van der Waals surface area (Å²) in [6.07, 6.45) is -0.383. The van der Waals surface area contributed by atoms with Crippen LogP contribution in [0.15, 0.2) is 41.8 Å². The van der Waals surface area contributed by atoms with Crippen LogP contribution in [0.2, 0.25) is 0 Å². The van der Waals surface area contributed by atoms with E-state index in [2.05, 4.69) is 22.5 Å². The highest BCUT2D eigenvalue weighted by molar-refractivity contribution is 7.12. The van der Waals surface area contributed by atoms with Gasteiger partial charge in [-0.2, -0.15) is 0 Å². The van der Waals surface area contributed by atoms with Crippen LogP contribution in [0, 0.1) is 0 Å². The summed E-state index contributed by atoms with van der Waals surface area (Å²) in [6.45, 7) is 3.68. The van der Waals surface area contributed by atoms with E-state index >= 15 is 0 Å². The number of carbonyl (C=O) groups is 4. The molecule has 4 amide bonds. The number of primary amides is 1. The van der Waals surface area contributed by atoms with Gasteiger partial charge in [0.05, 0.1) is 10.9 Å². The van der Waals surface area contributed by atoms with Crippen molar-refractivity contribution in [1.82, 2.24) is 16.0 Å². The van der Waals surface area contributed by atoms with Crippen LogP contribution >= 0.6 is 11.3 Å². The second-order valence-electron chi connectivity index (χ2n) is 6.45. The normalized spacial score (nSPS) is 20.4. The zero-order chi connectivity index (χ0) is 22.1. The summed E-state index contributed by atoms with van der Waals surface area (Å²) in [4.78, 5) is 48.0. The molecule has 0 radical (unpaired) electrons. The molecule has 0 aromatic carbocycles. The molecule has 1 aliphatic carbocycles. The Morgan fingerprint density at radius 3 is 2.70 bits per heavy atom. The molecule has 0 saturated heterocycles. The molecule has 2 rings (SSSR count). The highest BCUT2D eigenvalue weighted by Gasteiger charge is 2.37. The van der Waals surface area contributed by atoms with E-state index in [1.165, 1.54) is 23.5 Å². The predicted molar refractivity (Wildman–Crippen MR) is 110 cm³/mol. The van der Waals surface area contributed by atoms with Gasteiger partial charge >= 0.3 is 6.09 Å². The van der Waals surface area contributed by atoms with Gasteiger partial charge in [0.2, 0.25) is 11.8 Å². The van der Waals surface area contributed by atoms with Gasteiger partial charge in [0.15, 0.2) is 0 Å². The number of rotatable bonds is 9. The molecule has 1 aliphatic rings. The first-order valence-electron chi connectivity index (χ1n) is 9.16. The Morgan fingerprint density at radius 1 is 1.30 bits per heavy atom. The van der Waals surface area contributed by atoms with Crippen molar-refractivity contribution < 1.29 is 29.0 Å². The molecule has 1 aromatic heterocycles. The van der Waals surface area contributed by atoms with Crippen LogP contribution in [-0.4, -0.2) is 60.3 Å². The Hall–Kier alpha value is -3.18. The lowest BCUT2D eigenvalue weighted by atomic mass is 9.89. The van der Waals surface area contributed by atoms with Gasteiger partial charge in [-0.1, -0.05) is 18.2 Å². The summed E-state index contributed by atoms with van der Waals surface area (Å²) in [6, 6.07) is 2.36. The average Bonchev–Trinajstić information content (AvgIpc) is 3.23. The summed E-state index contributed by atoms with van der Waals surface area (Å²) in [5, 5.41) is 20.0. The van der Waals surface area contributed by atoms with Crippen molar-refractivity contribution in [2.75, 3.05) is 13.1 Å². The molecule has 1 aromatic rings. The number of amides is 4. The number of aliphatic hydroxyl groups is 1. The highest BCUT2D eigenvalue weighted by atomic mass is 32.1. The number of nitrogens with one attached hydrogen (secondary N) is 3. The van der Waals surface area contributed by atoms with Crippen LogP contribution in [0.4, 0.5) is 4.79 Å². The van der Waals surface area contributed by atoms with E-state index in [0.29, 0.717) is 4.88 Å². The maximum atomic E-state index is 12.5. The van der Waals surface area contributed by atoms with Crippen LogP contribution in [0.25, 0.3) is 0 Å². The quantitative estimate of drug-likeness (QED) is 0.337. The van der Waals surface area contributed by atoms with E-state index < -0.39 is 42.1 Å². The fraction of sp³-hybridized carbons (Fsp3) is 0.368. The molecule has 11 heteroatoms. The monoisotopic (exact) mass is 436 g/mol. The van der Waals surface area contributed by atoms with Crippen molar-refractivity contribution in [2.24, 2.45) is 5.73 Å². The minimum Gasteiger partial charge on any atom is -0.443 e. The lowest BCUT2D eigenvalue weighted by molar-refractivity contribution is -0.119. The summed E-state index contributed by atoms with van der Waals surface area (Å²) < 4.78 is 5.24. The molecule has 3 atom stereocenters. The van der Waals surface area contributed by atoms with E-state index in [1.54, 1.807) is 17.5 Å². The number of hydrogen-bond acceptors (Lipinski definition) is 7. The molecular weight excluding hydrogens is 412 g/mol. The van der Waals surface area contributed by atoms with Crippen molar-refractivity contribution in [2.45, 2.75) is 31.1 Å². The number of alkyl carbamates (subject to hydrolysis) is 1. The number of nitrogens with two attached hydrogens (primary N) is 1. The van der Waals surface area contributed by atoms with Crippen LogP contribution in [0.1, 0.15) is 22.5 Å². The molecule has 0 fully saturated rings. The Kier molecular flexibility index (Phi) is 8.56. The summed E-state index contributed by atoms with van der Waals surface area (Å²) in [5.74, 6) is -1.52. The molecular formula is C19H24N4O6S. The summed E-state index contributed by atoms with van der Waals surface area (Å²) >= 11 is 1.22. The molecule has 30 heavy (non-hydrogen) atoms. The minimum absolute atomic E-state index is 0.0334. The Morgan fingerprint density at radius 2 is 2.07 bits per heavy atom. The molecule has 10 nitrogen and oxygen atoms in total. The number of ether oxygens (including phenoxy) is 1. The zero-order valence-corrected chi connectivity index (χ0v) is 16.9. The lowest BCUT2D eigenvalue weighted by Gasteiger charge is -2.33. The maximum Gasteiger partial charge on any atom is 0.407 e. The SMILES string of the molecule is C=CCNC(=O)OC1CC(C(=O)NCCC(N)=O)=CC(NC(=O)c2cccs2)C1O. The molecule has 0 bridgehead atoms. The fourth-order valence-corrected chi connectivity index (χ4v) is 3.36. The van der Waals surface area contributed by atoms with Crippen LogP contribution in [0.5, 0.6) is 0 Å². The van der Waals surface area contributed by atoms with E-state index in [-0.39, 0.29) is 31.5 Å². The minimum atomic E-state index is -1.27. The van der Waals surface area contributed by atoms with Gasteiger partial charge in [-0.3, -0.25) is 14.4 Å². The average molecular weight is 436 g/mol. The van der Waals surface area contributed by atoms with Crippen molar-refractivity contribution in [3.05, 3.63) is 46.7 Å². The van der Waals surface area contributed by atoms with Gasteiger partial charge in [0.25, 0.3) is 5.91 Å². The number of hydrogen-bond donors (Lipinski definition) is 5. The molecule has 0 aliphatic heterocycles. The third kappa shape index (κ3) is 6.71. The Labute approximate surface area is 177 Å². The van der Waals surface area contributed by atoms with Crippen LogP contribution in [0.3, 0.4) is 0 Å². The first kappa shape index (κ1) is 23.1. The number of aliphatic hydroxyl groups excluding tert-OH is 1. The van der Waals surface area contributed by atoms with Gasteiger partial charge in [-0.15, -0.1) is 17.9 Å². The third-order valence-corrected chi connectivity index (χ3v) is 5.06. The summed E-state index contributed by atoms with van der Waals surface area (Å²) in [7, 11) is 0. The summed E-state index contributed by atoms with van der Waals surface area (Å²) in [5.41, 5.74) is 5.26. The molecule has 0 spiro atoms. The van der Waals surface area contributed by atoms with E-state index in [9.17, 15) is 24.3 Å². The van der Waals surface area contributed by atoms with Crippen molar-refractivity contribution in [3.8, 4) is 0 Å². The second kappa shape index (κ2) is 11.1. The van der Waals surface area contributed by atoms with Crippen molar-refractivity contribution >= 4 is 35.2 Å². The van der Waals surface area contributed by atoms with Gasteiger partial charge in [-0.25, -0.2) is 4.79 Å². The van der Waals surface area contributed by atoms with Gasteiger partial charge in [0, 0.05) is 31.5 Å². The van der Waals surface area contributed by atoms with Crippen molar-refractivity contribution in [1.29, 1.82) is 0 Å². The van der Waals surface area contributed by atoms with E-state index in [0.717, 1.165) is 0 Å². The lowest BCUT2D eigenvalue weighted by Crippen LogP contribution is -2.52.